The molecule has 0 aromatic carbocycles. The Bertz CT molecular complexity index is 538. The van der Waals surface area contributed by atoms with Crippen LogP contribution in [0.2, 0.25) is 0 Å². The lowest BCUT2D eigenvalue weighted by atomic mass is 10.3. The van der Waals surface area contributed by atoms with Crippen LogP contribution in [0.5, 0.6) is 0 Å². The molecule has 0 fully saturated rings. The quantitative estimate of drug-likeness (QED) is 0.793. The Kier molecular flexibility index (Phi) is 4.28. The lowest BCUT2D eigenvalue weighted by Gasteiger charge is -2.22. The van der Waals surface area contributed by atoms with Crippen molar-refractivity contribution >= 4 is 17.0 Å². The van der Waals surface area contributed by atoms with Gasteiger partial charge in [-0.1, -0.05) is 0 Å². The second kappa shape index (κ2) is 5.94. The zero-order valence-electron chi connectivity index (χ0n) is 11.6. The number of nitrogens with one attached hydrogen (secondary N) is 1. The van der Waals surface area contributed by atoms with E-state index in [0.717, 1.165) is 17.7 Å². The lowest BCUT2D eigenvalue weighted by Crippen LogP contribution is -2.34. The molecular formula is C12H19N5O2. The van der Waals surface area contributed by atoms with Crippen molar-refractivity contribution in [3.8, 4) is 0 Å². The maximum atomic E-state index is 5.22. The van der Waals surface area contributed by atoms with Gasteiger partial charge in [0.15, 0.2) is 17.8 Å². The van der Waals surface area contributed by atoms with E-state index in [1.54, 1.807) is 20.5 Å². The fraction of sp³-hybridized carbons (Fsp3) is 0.583. The minimum absolute atomic E-state index is 0.0557. The normalized spacial score (nSPS) is 13.1. The number of imidazole rings is 1. The van der Waals surface area contributed by atoms with E-state index in [0.29, 0.717) is 5.82 Å². The number of aryl methyl sites for hydroxylation is 1. The molecule has 2 aromatic heterocycles. The predicted molar refractivity (Wildman–Crippen MR) is 71.9 cm³/mol. The molecule has 0 unspecified atom stereocenters. The van der Waals surface area contributed by atoms with Crippen LogP contribution < -0.4 is 5.32 Å². The molecule has 2 aromatic rings. The molecule has 7 heteroatoms. The smallest absolute Gasteiger partial charge is 0.176 e. The fourth-order valence-electron chi connectivity index (χ4n) is 2.01. The third kappa shape index (κ3) is 2.66. The molecule has 0 aliphatic rings. The SMILES string of the molecule is CCn1cnc2c(N[C@@H](C)C(OC)OC)ncnc21. The van der Waals surface area contributed by atoms with Gasteiger partial charge >= 0.3 is 0 Å². The Morgan fingerprint density at radius 2 is 2.00 bits per heavy atom. The molecule has 0 radical (unpaired) electrons. The number of rotatable bonds is 6. The Labute approximate surface area is 112 Å². The average molecular weight is 265 g/mol. The van der Waals surface area contributed by atoms with Gasteiger partial charge in [0, 0.05) is 20.8 Å². The third-order valence-electron chi connectivity index (χ3n) is 2.98. The second-order valence-corrected chi connectivity index (χ2v) is 4.20. The van der Waals surface area contributed by atoms with E-state index in [1.807, 2.05) is 18.4 Å². The van der Waals surface area contributed by atoms with E-state index < -0.39 is 0 Å². The first-order valence-electron chi connectivity index (χ1n) is 6.19. The second-order valence-electron chi connectivity index (χ2n) is 4.20. The molecule has 0 bridgehead atoms. The minimum Gasteiger partial charge on any atom is -0.361 e. The van der Waals surface area contributed by atoms with Crippen molar-refractivity contribution < 1.29 is 9.47 Å². The number of aromatic nitrogens is 4. The Morgan fingerprint density at radius 3 is 2.63 bits per heavy atom. The molecule has 1 N–H and O–H groups in total. The van der Waals surface area contributed by atoms with Gasteiger partial charge < -0.3 is 19.4 Å². The Balaban J connectivity index is 2.28. The molecule has 1 atom stereocenters. The van der Waals surface area contributed by atoms with Crippen molar-refractivity contribution in [1.82, 2.24) is 19.5 Å². The molecule has 0 saturated heterocycles. The Morgan fingerprint density at radius 1 is 1.26 bits per heavy atom. The van der Waals surface area contributed by atoms with Crippen LogP contribution in [0, 0.1) is 0 Å². The van der Waals surface area contributed by atoms with Crippen LogP contribution in [0.25, 0.3) is 11.2 Å². The molecular weight excluding hydrogens is 246 g/mol. The minimum atomic E-state index is -0.349. The van der Waals surface area contributed by atoms with E-state index in [9.17, 15) is 0 Å². The van der Waals surface area contributed by atoms with E-state index in [4.69, 9.17) is 9.47 Å². The highest BCUT2D eigenvalue weighted by molar-refractivity contribution is 5.82. The van der Waals surface area contributed by atoms with Crippen molar-refractivity contribution in [2.75, 3.05) is 19.5 Å². The summed E-state index contributed by atoms with van der Waals surface area (Å²) in [7, 11) is 3.21. The van der Waals surface area contributed by atoms with Crippen LogP contribution >= 0.6 is 0 Å². The van der Waals surface area contributed by atoms with Crippen molar-refractivity contribution in [2.45, 2.75) is 32.7 Å². The fourth-order valence-corrected chi connectivity index (χ4v) is 2.01. The number of fused-ring (bicyclic) bond motifs is 1. The molecule has 104 valence electrons. The maximum Gasteiger partial charge on any atom is 0.176 e. The van der Waals surface area contributed by atoms with Crippen molar-refractivity contribution in [3.05, 3.63) is 12.7 Å². The molecule has 0 spiro atoms. The van der Waals surface area contributed by atoms with Crippen LogP contribution in [0.1, 0.15) is 13.8 Å². The highest BCUT2D eigenvalue weighted by atomic mass is 16.7. The monoisotopic (exact) mass is 265 g/mol. The molecule has 0 amide bonds. The van der Waals surface area contributed by atoms with Crippen molar-refractivity contribution in [3.63, 3.8) is 0 Å². The lowest BCUT2D eigenvalue weighted by molar-refractivity contribution is -0.109. The summed E-state index contributed by atoms with van der Waals surface area (Å²) in [5.74, 6) is 0.684. The number of hydrogen-bond acceptors (Lipinski definition) is 6. The van der Waals surface area contributed by atoms with Crippen molar-refractivity contribution in [2.24, 2.45) is 0 Å². The van der Waals surface area contributed by atoms with Crippen LogP contribution in [0.3, 0.4) is 0 Å². The largest absolute Gasteiger partial charge is 0.361 e. The van der Waals surface area contributed by atoms with Gasteiger partial charge in [0.1, 0.15) is 11.8 Å². The summed E-state index contributed by atoms with van der Waals surface area (Å²) >= 11 is 0. The van der Waals surface area contributed by atoms with Gasteiger partial charge in [0.25, 0.3) is 0 Å². The number of methoxy groups -OCH3 is 2. The molecule has 2 heterocycles. The van der Waals surface area contributed by atoms with E-state index in [-0.39, 0.29) is 12.3 Å². The number of ether oxygens (including phenoxy) is 2. The molecule has 0 aliphatic carbocycles. The summed E-state index contributed by atoms with van der Waals surface area (Å²) in [4.78, 5) is 12.8. The molecule has 2 rings (SSSR count). The number of nitrogens with zero attached hydrogens (tertiary/aromatic N) is 4. The standard InChI is InChI=1S/C12H19N5O2/c1-5-17-7-15-9-10(13-6-14-11(9)17)16-8(2)12(18-3)19-4/h6-8,12H,5H2,1-4H3,(H,13,14,16)/t8-/m0/s1. The van der Waals surface area contributed by atoms with Crippen molar-refractivity contribution in [1.29, 1.82) is 0 Å². The van der Waals surface area contributed by atoms with Gasteiger partial charge in [-0.15, -0.1) is 0 Å². The zero-order chi connectivity index (χ0) is 13.8. The summed E-state index contributed by atoms with van der Waals surface area (Å²) in [5, 5.41) is 3.25. The summed E-state index contributed by atoms with van der Waals surface area (Å²) in [6.45, 7) is 4.83. The maximum absolute atomic E-state index is 5.22. The van der Waals surface area contributed by atoms with E-state index >= 15 is 0 Å². The average Bonchev–Trinajstić information content (AvgIpc) is 2.84. The van der Waals surface area contributed by atoms with Gasteiger partial charge in [-0.25, -0.2) is 15.0 Å². The van der Waals surface area contributed by atoms with Crippen LogP contribution in [-0.4, -0.2) is 46.1 Å². The molecule has 0 aliphatic heterocycles. The Hall–Kier alpha value is -1.73. The number of hydrogen-bond donors (Lipinski definition) is 1. The zero-order valence-corrected chi connectivity index (χ0v) is 11.6. The first-order valence-corrected chi connectivity index (χ1v) is 6.19. The predicted octanol–water partition coefficient (Wildman–Crippen LogP) is 1.27. The summed E-state index contributed by atoms with van der Waals surface area (Å²) in [6, 6.07) is -0.0557. The van der Waals surface area contributed by atoms with Gasteiger partial charge in [-0.2, -0.15) is 0 Å². The number of anilines is 1. The molecule has 19 heavy (non-hydrogen) atoms. The first kappa shape index (κ1) is 13.7. The van der Waals surface area contributed by atoms with Gasteiger partial charge in [-0.05, 0) is 13.8 Å². The van der Waals surface area contributed by atoms with Gasteiger partial charge in [0.05, 0.1) is 12.4 Å². The summed E-state index contributed by atoms with van der Waals surface area (Å²) < 4.78 is 12.4. The summed E-state index contributed by atoms with van der Waals surface area (Å²) in [5.41, 5.74) is 1.57. The van der Waals surface area contributed by atoms with Crippen LogP contribution in [0.15, 0.2) is 12.7 Å². The topological polar surface area (TPSA) is 74.1 Å². The summed E-state index contributed by atoms with van der Waals surface area (Å²) in [6.07, 6.45) is 2.94. The van der Waals surface area contributed by atoms with Crippen LogP contribution in [0.4, 0.5) is 5.82 Å². The molecule has 0 saturated carbocycles. The third-order valence-corrected chi connectivity index (χ3v) is 2.98. The van der Waals surface area contributed by atoms with Gasteiger partial charge in [0.2, 0.25) is 0 Å². The van der Waals surface area contributed by atoms with E-state index in [2.05, 4.69) is 20.3 Å². The molecule has 7 nitrogen and oxygen atoms in total. The van der Waals surface area contributed by atoms with E-state index in [1.165, 1.54) is 6.33 Å². The van der Waals surface area contributed by atoms with Crippen LogP contribution in [-0.2, 0) is 16.0 Å². The highest BCUT2D eigenvalue weighted by Crippen LogP contribution is 2.18. The highest BCUT2D eigenvalue weighted by Gasteiger charge is 2.18. The van der Waals surface area contributed by atoms with Gasteiger partial charge in [-0.3, -0.25) is 0 Å². The first-order chi connectivity index (χ1) is 9.21.